The van der Waals surface area contributed by atoms with Gasteiger partial charge in [0.1, 0.15) is 5.75 Å². The standard InChI is InChI=1S/C20H24N2O4/c1-20(2,3)16-10-6-8-12-18(16)26-14-19(23)21(4)13-15-9-5-7-11-17(15)22(24)25/h5-12H,13-14H2,1-4H3. The zero-order chi connectivity index (χ0) is 19.3. The normalized spacial score (nSPS) is 11.1. The molecule has 26 heavy (non-hydrogen) atoms. The van der Waals surface area contributed by atoms with Gasteiger partial charge in [0.15, 0.2) is 6.61 Å². The van der Waals surface area contributed by atoms with E-state index in [1.54, 1.807) is 25.2 Å². The first kappa shape index (κ1) is 19.4. The molecule has 2 aromatic carbocycles. The van der Waals surface area contributed by atoms with E-state index in [2.05, 4.69) is 20.8 Å². The summed E-state index contributed by atoms with van der Waals surface area (Å²) >= 11 is 0. The number of amides is 1. The highest BCUT2D eigenvalue weighted by Gasteiger charge is 2.20. The second-order valence-electron chi connectivity index (χ2n) is 7.17. The molecule has 0 fully saturated rings. The van der Waals surface area contributed by atoms with Gasteiger partial charge < -0.3 is 9.64 Å². The van der Waals surface area contributed by atoms with Crippen molar-refractivity contribution in [1.29, 1.82) is 0 Å². The number of carbonyl (C=O) groups excluding carboxylic acids is 1. The molecule has 0 aliphatic heterocycles. The van der Waals surface area contributed by atoms with Gasteiger partial charge in [0.05, 0.1) is 11.5 Å². The Bertz CT molecular complexity index is 796. The summed E-state index contributed by atoms with van der Waals surface area (Å²) in [5.41, 5.74) is 1.42. The number of carbonyl (C=O) groups is 1. The van der Waals surface area contributed by atoms with Crippen molar-refractivity contribution in [3.05, 3.63) is 69.8 Å². The molecule has 6 heteroatoms. The van der Waals surface area contributed by atoms with Gasteiger partial charge in [-0.1, -0.05) is 57.2 Å². The molecular weight excluding hydrogens is 332 g/mol. The molecule has 0 bridgehead atoms. The van der Waals surface area contributed by atoms with Crippen LogP contribution in [0, 0.1) is 10.1 Å². The highest BCUT2D eigenvalue weighted by molar-refractivity contribution is 5.77. The third kappa shape index (κ3) is 4.81. The van der Waals surface area contributed by atoms with Gasteiger partial charge >= 0.3 is 0 Å². The van der Waals surface area contributed by atoms with Gasteiger partial charge in [-0.15, -0.1) is 0 Å². The van der Waals surface area contributed by atoms with Gasteiger partial charge in [0.25, 0.3) is 11.6 Å². The lowest BCUT2D eigenvalue weighted by Crippen LogP contribution is -2.31. The number of hydrogen-bond donors (Lipinski definition) is 0. The SMILES string of the molecule is CN(Cc1ccccc1[N+](=O)[O-])C(=O)COc1ccccc1C(C)(C)C. The van der Waals surface area contributed by atoms with E-state index in [9.17, 15) is 14.9 Å². The van der Waals surface area contributed by atoms with Crippen LogP contribution in [0.2, 0.25) is 0 Å². The molecule has 0 atom stereocenters. The summed E-state index contributed by atoms with van der Waals surface area (Å²) in [4.78, 5) is 24.5. The van der Waals surface area contributed by atoms with Crippen molar-refractivity contribution in [3.8, 4) is 5.75 Å². The smallest absolute Gasteiger partial charge is 0.274 e. The summed E-state index contributed by atoms with van der Waals surface area (Å²) in [6.45, 7) is 6.28. The Balaban J connectivity index is 2.04. The van der Waals surface area contributed by atoms with Crippen molar-refractivity contribution in [2.45, 2.75) is 32.7 Å². The highest BCUT2D eigenvalue weighted by atomic mass is 16.6. The van der Waals surface area contributed by atoms with Crippen molar-refractivity contribution < 1.29 is 14.5 Å². The number of rotatable bonds is 6. The fourth-order valence-corrected chi connectivity index (χ4v) is 2.63. The van der Waals surface area contributed by atoms with E-state index in [-0.39, 0.29) is 30.2 Å². The molecule has 0 radical (unpaired) electrons. The molecule has 1 amide bonds. The lowest BCUT2D eigenvalue weighted by molar-refractivity contribution is -0.385. The number of nitro benzene ring substituents is 1. The maximum Gasteiger partial charge on any atom is 0.274 e. The van der Waals surface area contributed by atoms with Crippen molar-refractivity contribution in [1.82, 2.24) is 4.90 Å². The lowest BCUT2D eigenvalue weighted by atomic mass is 9.86. The number of ether oxygens (including phenoxy) is 1. The third-order valence-electron chi connectivity index (χ3n) is 4.07. The van der Waals surface area contributed by atoms with E-state index in [4.69, 9.17) is 4.74 Å². The topological polar surface area (TPSA) is 72.7 Å². The Kier molecular flexibility index (Phi) is 5.97. The van der Waals surface area contributed by atoms with Crippen LogP contribution < -0.4 is 4.74 Å². The quantitative estimate of drug-likeness (QED) is 0.581. The average Bonchev–Trinajstić information content (AvgIpc) is 2.59. The van der Waals surface area contributed by atoms with E-state index < -0.39 is 4.92 Å². The molecule has 0 spiro atoms. The molecule has 0 saturated carbocycles. The first-order chi connectivity index (χ1) is 12.2. The molecule has 138 valence electrons. The van der Waals surface area contributed by atoms with Crippen LogP contribution in [0.4, 0.5) is 5.69 Å². The minimum atomic E-state index is -0.441. The molecule has 2 rings (SSSR count). The maximum absolute atomic E-state index is 12.4. The van der Waals surface area contributed by atoms with Crippen LogP contribution in [0.1, 0.15) is 31.9 Å². The minimum Gasteiger partial charge on any atom is -0.483 e. The predicted molar refractivity (Wildman–Crippen MR) is 100 cm³/mol. The Labute approximate surface area is 153 Å². The van der Waals surface area contributed by atoms with Crippen molar-refractivity contribution in [3.63, 3.8) is 0 Å². The van der Waals surface area contributed by atoms with Crippen LogP contribution in [-0.4, -0.2) is 29.4 Å². The number of benzene rings is 2. The van der Waals surface area contributed by atoms with Gasteiger partial charge in [-0.3, -0.25) is 14.9 Å². The summed E-state index contributed by atoms with van der Waals surface area (Å²) in [5, 5.41) is 11.1. The van der Waals surface area contributed by atoms with Gasteiger partial charge in [-0.05, 0) is 17.0 Å². The molecular formula is C20H24N2O4. The average molecular weight is 356 g/mol. The molecule has 0 saturated heterocycles. The summed E-state index contributed by atoms with van der Waals surface area (Å²) in [5.74, 6) is 0.430. The lowest BCUT2D eigenvalue weighted by Gasteiger charge is -2.23. The zero-order valence-corrected chi connectivity index (χ0v) is 15.6. The fourth-order valence-electron chi connectivity index (χ4n) is 2.63. The van der Waals surface area contributed by atoms with Crippen LogP contribution in [0.5, 0.6) is 5.75 Å². The van der Waals surface area contributed by atoms with E-state index >= 15 is 0 Å². The molecule has 6 nitrogen and oxygen atoms in total. The van der Waals surface area contributed by atoms with Gasteiger partial charge in [0, 0.05) is 18.7 Å². The minimum absolute atomic E-state index is 0.00569. The van der Waals surface area contributed by atoms with E-state index in [1.165, 1.54) is 11.0 Å². The van der Waals surface area contributed by atoms with Crippen molar-refractivity contribution >= 4 is 11.6 Å². The van der Waals surface area contributed by atoms with Crippen molar-refractivity contribution in [2.75, 3.05) is 13.7 Å². The van der Waals surface area contributed by atoms with Crippen LogP contribution in [-0.2, 0) is 16.8 Å². The molecule has 0 heterocycles. The van der Waals surface area contributed by atoms with Crippen molar-refractivity contribution in [2.24, 2.45) is 0 Å². The number of para-hydroxylation sites is 2. The molecule has 0 N–H and O–H groups in total. The van der Waals surface area contributed by atoms with Crippen LogP contribution in [0.25, 0.3) is 0 Å². The number of nitrogens with zero attached hydrogens (tertiary/aromatic N) is 2. The fraction of sp³-hybridized carbons (Fsp3) is 0.350. The summed E-state index contributed by atoms with van der Waals surface area (Å²) in [6.07, 6.45) is 0. The molecule has 0 unspecified atom stereocenters. The molecule has 2 aromatic rings. The number of nitro groups is 1. The molecule has 0 aromatic heterocycles. The molecule has 0 aliphatic carbocycles. The van der Waals surface area contributed by atoms with Gasteiger partial charge in [0.2, 0.25) is 0 Å². The van der Waals surface area contributed by atoms with Gasteiger partial charge in [-0.25, -0.2) is 0 Å². The summed E-state index contributed by atoms with van der Waals surface area (Å²) in [7, 11) is 1.61. The first-order valence-corrected chi connectivity index (χ1v) is 8.38. The zero-order valence-electron chi connectivity index (χ0n) is 15.6. The van der Waals surface area contributed by atoms with Crippen LogP contribution in [0.3, 0.4) is 0 Å². The van der Waals surface area contributed by atoms with Gasteiger partial charge in [-0.2, -0.15) is 0 Å². The summed E-state index contributed by atoms with van der Waals surface area (Å²) in [6, 6.07) is 14.0. The Morgan fingerprint density at radius 3 is 2.38 bits per heavy atom. The summed E-state index contributed by atoms with van der Waals surface area (Å²) < 4.78 is 5.74. The highest BCUT2D eigenvalue weighted by Crippen LogP contribution is 2.31. The first-order valence-electron chi connectivity index (χ1n) is 8.38. The largest absolute Gasteiger partial charge is 0.483 e. The third-order valence-corrected chi connectivity index (χ3v) is 4.07. The second kappa shape index (κ2) is 7.99. The van der Waals surface area contributed by atoms with E-state index in [1.807, 2.05) is 24.3 Å². The van der Waals surface area contributed by atoms with E-state index in [0.29, 0.717) is 11.3 Å². The number of hydrogen-bond acceptors (Lipinski definition) is 4. The Morgan fingerprint density at radius 1 is 1.12 bits per heavy atom. The monoisotopic (exact) mass is 356 g/mol. The maximum atomic E-state index is 12.4. The Morgan fingerprint density at radius 2 is 1.73 bits per heavy atom. The predicted octanol–water partition coefficient (Wildman–Crippen LogP) is 3.93. The van der Waals surface area contributed by atoms with Crippen LogP contribution >= 0.6 is 0 Å². The Hall–Kier alpha value is -2.89. The van der Waals surface area contributed by atoms with E-state index in [0.717, 1.165) is 5.56 Å². The number of likely N-dealkylation sites (N-methyl/N-ethyl adjacent to an activating group) is 1. The van der Waals surface area contributed by atoms with Crippen LogP contribution in [0.15, 0.2) is 48.5 Å². The molecule has 0 aliphatic rings. The second-order valence-corrected chi connectivity index (χ2v) is 7.17.